The lowest BCUT2D eigenvalue weighted by molar-refractivity contribution is 0.0954. The quantitative estimate of drug-likeness (QED) is 0.133. The summed E-state index contributed by atoms with van der Waals surface area (Å²) in [6, 6.07) is 27.9. The number of methoxy groups -OCH3 is 2. The van der Waals surface area contributed by atoms with E-state index in [9.17, 15) is 4.79 Å². The van der Waals surface area contributed by atoms with Gasteiger partial charge in [0.15, 0.2) is 0 Å². The number of rotatable bonds is 15. The van der Waals surface area contributed by atoms with Gasteiger partial charge in [0.25, 0.3) is 5.91 Å². The Balaban J connectivity index is 1.03. The van der Waals surface area contributed by atoms with Crippen molar-refractivity contribution in [3.8, 4) is 22.8 Å². The van der Waals surface area contributed by atoms with E-state index in [0.717, 1.165) is 75.8 Å². The number of benzene rings is 3. The van der Waals surface area contributed by atoms with Crippen molar-refractivity contribution >= 4 is 23.6 Å². The van der Waals surface area contributed by atoms with Crippen LogP contribution in [0.3, 0.4) is 0 Å². The summed E-state index contributed by atoms with van der Waals surface area (Å²) < 4.78 is 16.5. The van der Waals surface area contributed by atoms with Crippen LogP contribution in [-0.2, 0) is 37.2 Å². The Bertz CT molecular complexity index is 2220. The molecule has 13 nitrogen and oxygen atoms in total. The average molecular weight is 778 g/mol. The second-order valence-electron chi connectivity index (χ2n) is 14.3. The fourth-order valence-corrected chi connectivity index (χ4v) is 7.26. The Hall–Kier alpha value is -6.60. The Kier molecular flexibility index (Phi) is 12.0. The molecule has 0 unspecified atom stereocenters. The molecule has 8 rings (SSSR count). The van der Waals surface area contributed by atoms with E-state index in [4.69, 9.17) is 34.1 Å². The summed E-state index contributed by atoms with van der Waals surface area (Å²) in [4.78, 5) is 43.9. The fraction of sp³-hybridized carbons (Fsp3) is 0.289. The molecule has 2 aliphatic heterocycles. The first kappa shape index (κ1) is 38.3. The molecule has 3 aromatic carbocycles. The molecule has 58 heavy (non-hydrogen) atoms. The first-order chi connectivity index (χ1) is 28.5. The van der Waals surface area contributed by atoms with Crippen LogP contribution in [0.5, 0.6) is 11.5 Å². The molecule has 1 fully saturated rings. The highest BCUT2D eigenvalue weighted by atomic mass is 16.5. The van der Waals surface area contributed by atoms with E-state index in [1.807, 2.05) is 79.3 Å². The minimum atomic E-state index is -0.0904. The van der Waals surface area contributed by atoms with E-state index < -0.39 is 0 Å². The molecule has 0 radical (unpaired) electrons. The second kappa shape index (κ2) is 18.1. The van der Waals surface area contributed by atoms with Gasteiger partial charge in [-0.3, -0.25) is 9.78 Å². The van der Waals surface area contributed by atoms with Gasteiger partial charge in [-0.25, -0.2) is 15.0 Å². The number of amides is 1. The number of nitrogens with zero attached hydrogens (tertiary/aromatic N) is 8. The standard InChI is InChI=1S/C45H47N9O4/c1-56-38-13-7-34(8-14-38)30-54(31-35-9-15-39(57-2)16-10-35)44-48-27-37(28-49-44)41-40-18-21-53(42(40)51-45(50-41)52-22-24-58-25-23-52)29-33-5-11-36(12-6-33)43(55)47-20-17-32-4-3-19-46-26-32/h3-16,19,26-28H,17-18,20-25,29-31H2,1-2H3,(H,47,55). The monoisotopic (exact) mass is 777 g/mol. The van der Waals surface area contributed by atoms with Crippen molar-refractivity contribution in [2.75, 3.05) is 68.3 Å². The van der Waals surface area contributed by atoms with Gasteiger partial charge in [0.2, 0.25) is 11.9 Å². The van der Waals surface area contributed by atoms with Crippen molar-refractivity contribution in [1.29, 1.82) is 0 Å². The smallest absolute Gasteiger partial charge is 0.251 e. The summed E-state index contributed by atoms with van der Waals surface area (Å²) >= 11 is 0. The molecule has 5 heterocycles. The lowest BCUT2D eigenvalue weighted by Gasteiger charge is -2.28. The van der Waals surface area contributed by atoms with Gasteiger partial charge in [-0.15, -0.1) is 0 Å². The van der Waals surface area contributed by atoms with Crippen LogP contribution in [0.25, 0.3) is 11.3 Å². The molecule has 3 aromatic heterocycles. The number of hydrogen-bond acceptors (Lipinski definition) is 12. The molecule has 1 amide bonds. The third-order valence-corrected chi connectivity index (χ3v) is 10.5. The highest BCUT2D eigenvalue weighted by Crippen LogP contribution is 2.36. The van der Waals surface area contributed by atoms with Crippen LogP contribution in [0, 0.1) is 0 Å². The molecule has 2 aliphatic rings. The zero-order valence-electron chi connectivity index (χ0n) is 32.9. The normalized spacial score (nSPS) is 13.6. The maximum atomic E-state index is 12.9. The Morgan fingerprint density at radius 3 is 2.05 bits per heavy atom. The SMILES string of the molecule is COc1ccc(CN(Cc2ccc(OC)cc2)c2ncc(-c3nc(N4CCOCC4)nc4c3CCN4Cc3ccc(C(=O)NCCc4cccnc4)cc3)cn2)cc1. The minimum absolute atomic E-state index is 0.0904. The number of pyridine rings is 1. The van der Waals surface area contributed by atoms with Crippen molar-refractivity contribution in [3.63, 3.8) is 0 Å². The maximum Gasteiger partial charge on any atom is 0.251 e. The van der Waals surface area contributed by atoms with E-state index in [-0.39, 0.29) is 5.91 Å². The first-order valence-electron chi connectivity index (χ1n) is 19.6. The third kappa shape index (κ3) is 9.16. The summed E-state index contributed by atoms with van der Waals surface area (Å²) in [5.74, 6) is 3.73. The van der Waals surface area contributed by atoms with Crippen LogP contribution >= 0.6 is 0 Å². The molecule has 0 bridgehead atoms. The largest absolute Gasteiger partial charge is 0.497 e. The summed E-state index contributed by atoms with van der Waals surface area (Å²) in [6.07, 6.45) is 8.85. The molecule has 6 aromatic rings. The lowest BCUT2D eigenvalue weighted by Crippen LogP contribution is -2.37. The van der Waals surface area contributed by atoms with Gasteiger partial charge in [-0.1, -0.05) is 42.5 Å². The van der Waals surface area contributed by atoms with Gasteiger partial charge < -0.3 is 34.2 Å². The van der Waals surface area contributed by atoms with Crippen molar-refractivity contribution in [1.82, 2.24) is 30.2 Å². The maximum absolute atomic E-state index is 12.9. The van der Waals surface area contributed by atoms with Gasteiger partial charge >= 0.3 is 0 Å². The molecule has 0 spiro atoms. The van der Waals surface area contributed by atoms with E-state index in [2.05, 4.69) is 49.3 Å². The molecule has 0 saturated carbocycles. The van der Waals surface area contributed by atoms with Gasteiger partial charge in [0.05, 0.1) is 33.1 Å². The lowest BCUT2D eigenvalue weighted by atomic mass is 10.1. The van der Waals surface area contributed by atoms with E-state index in [1.54, 1.807) is 20.4 Å². The number of aromatic nitrogens is 5. The number of carbonyl (C=O) groups excluding carboxylic acids is 1. The number of fused-ring (bicyclic) bond motifs is 1. The highest BCUT2D eigenvalue weighted by Gasteiger charge is 2.29. The van der Waals surface area contributed by atoms with Crippen LogP contribution in [-0.4, -0.2) is 84.4 Å². The predicted octanol–water partition coefficient (Wildman–Crippen LogP) is 5.92. The molecular formula is C45H47N9O4. The molecule has 296 valence electrons. The number of hydrogen-bond donors (Lipinski definition) is 1. The second-order valence-corrected chi connectivity index (χ2v) is 14.3. The van der Waals surface area contributed by atoms with Gasteiger partial charge in [-0.05, 0) is 77.6 Å². The first-order valence-corrected chi connectivity index (χ1v) is 19.6. The summed E-state index contributed by atoms with van der Waals surface area (Å²) in [5.41, 5.74) is 7.79. The predicted molar refractivity (Wildman–Crippen MR) is 223 cm³/mol. The van der Waals surface area contributed by atoms with Gasteiger partial charge in [0, 0.05) is 87.3 Å². The van der Waals surface area contributed by atoms with E-state index >= 15 is 0 Å². The van der Waals surface area contributed by atoms with Crippen molar-refractivity contribution in [3.05, 3.63) is 143 Å². The molecular weight excluding hydrogens is 731 g/mol. The van der Waals surface area contributed by atoms with Crippen LogP contribution < -0.4 is 29.5 Å². The minimum Gasteiger partial charge on any atom is -0.497 e. The fourth-order valence-electron chi connectivity index (χ4n) is 7.26. The summed E-state index contributed by atoms with van der Waals surface area (Å²) in [5, 5.41) is 3.02. The number of carbonyl (C=O) groups is 1. The average Bonchev–Trinajstić information content (AvgIpc) is 3.69. The Morgan fingerprint density at radius 2 is 1.43 bits per heavy atom. The highest BCUT2D eigenvalue weighted by molar-refractivity contribution is 5.94. The van der Waals surface area contributed by atoms with Crippen LogP contribution in [0.2, 0.25) is 0 Å². The van der Waals surface area contributed by atoms with Crippen molar-refractivity contribution < 1.29 is 19.0 Å². The molecule has 13 heteroatoms. The molecule has 0 atom stereocenters. The van der Waals surface area contributed by atoms with Crippen molar-refractivity contribution in [2.45, 2.75) is 32.5 Å². The van der Waals surface area contributed by atoms with E-state index in [1.165, 1.54) is 0 Å². The molecule has 0 aliphatic carbocycles. The number of ether oxygens (including phenoxy) is 3. The van der Waals surface area contributed by atoms with E-state index in [0.29, 0.717) is 69.9 Å². The number of morpholine rings is 1. The third-order valence-electron chi connectivity index (χ3n) is 10.5. The van der Waals surface area contributed by atoms with Crippen LogP contribution in [0.4, 0.5) is 17.7 Å². The molecule has 1 saturated heterocycles. The van der Waals surface area contributed by atoms with Crippen molar-refractivity contribution in [2.24, 2.45) is 0 Å². The summed E-state index contributed by atoms with van der Waals surface area (Å²) in [6.45, 7) is 5.86. The van der Waals surface area contributed by atoms with Crippen LogP contribution in [0.1, 0.15) is 38.2 Å². The number of anilines is 3. The van der Waals surface area contributed by atoms with Gasteiger partial charge in [0.1, 0.15) is 17.3 Å². The topological polar surface area (TPSA) is 131 Å². The zero-order chi connectivity index (χ0) is 39.7. The summed E-state index contributed by atoms with van der Waals surface area (Å²) in [7, 11) is 3.34. The molecule has 1 N–H and O–H groups in total. The Labute approximate surface area is 338 Å². The Morgan fingerprint density at radius 1 is 0.776 bits per heavy atom. The number of nitrogens with one attached hydrogen (secondary N) is 1. The van der Waals surface area contributed by atoms with Gasteiger partial charge in [-0.2, -0.15) is 4.98 Å². The van der Waals surface area contributed by atoms with Crippen LogP contribution in [0.15, 0.2) is 110 Å². The zero-order valence-corrected chi connectivity index (χ0v) is 32.9.